The third-order valence-corrected chi connectivity index (χ3v) is 5.50. The van der Waals surface area contributed by atoms with E-state index in [1.807, 2.05) is 42.5 Å². The molecule has 0 amide bonds. The van der Waals surface area contributed by atoms with Crippen molar-refractivity contribution in [1.82, 2.24) is 4.90 Å². The summed E-state index contributed by atoms with van der Waals surface area (Å²) in [6, 6.07) is 17.4. The second-order valence-corrected chi connectivity index (χ2v) is 7.42. The SMILES string of the molecule is COc1ccc(-c2cc3c(c(OC)c2)OCCN(Cc2ccccc2O)C3)cc1OC. The molecular formula is C25H27NO5. The fourth-order valence-electron chi connectivity index (χ4n) is 3.89. The lowest BCUT2D eigenvalue weighted by atomic mass is 10.0. The molecule has 31 heavy (non-hydrogen) atoms. The Bertz CT molecular complexity index is 1070. The molecule has 0 saturated carbocycles. The Kier molecular flexibility index (Phi) is 6.18. The summed E-state index contributed by atoms with van der Waals surface area (Å²) in [5, 5.41) is 10.2. The normalized spacial score (nSPS) is 13.6. The maximum Gasteiger partial charge on any atom is 0.165 e. The van der Waals surface area contributed by atoms with Gasteiger partial charge in [-0.3, -0.25) is 4.90 Å². The van der Waals surface area contributed by atoms with Gasteiger partial charge in [0.2, 0.25) is 0 Å². The number of fused-ring (bicyclic) bond motifs is 1. The van der Waals surface area contributed by atoms with E-state index in [9.17, 15) is 5.11 Å². The lowest BCUT2D eigenvalue weighted by Crippen LogP contribution is -2.25. The van der Waals surface area contributed by atoms with E-state index in [4.69, 9.17) is 18.9 Å². The highest BCUT2D eigenvalue weighted by atomic mass is 16.5. The van der Waals surface area contributed by atoms with Gasteiger partial charge in [0.25, 0.3) is 0 Å². The van der Waals surface area contributed by atoms with Gasteiger partial charge in [-0.15, -0.1) is 0 Å². The molecular weight excluding hydrogens is 394 g/mol. The Morgan fingerprint density at radius 2 is 1.61 bits per heavy atom. The Hall–Kier alpha value is -3.38. The minimum absolute atomic E-state index is 0.310. The molecule has 4 rings (SSSR count). The Morgan fingerprint density at radius 3 is 2.35 bits per heavy atom. The standard InChI is InChI=1S/C25H27NO5/c1-28-22-9-8-17(13-23(22)29-2)19-12-20-16-26(15-18-6-4-5-7-21(18)27)10-11-31-25(20)24(14-19)30-3/h4-9,12-14,27H,10-11,15-16H2,1-3H3. The number of hydrogen-bond donors (Lipinski definition) is 1. The number of rotatable bonds is 6. The summed E-state index contributed by atoms with van der Waals surface area (Å²) in [5.41, 5.74) is 3.94. The van der Waals surface area contributed by atoms with Crippen molar-refractivity contribution in [2.75, 3.05) is 34.5 Å². The minimum atomic E-state index is 0.310. The number of hydrogen-bond acceptors (Lipinski definition) is 6. The number of methoxy groups -OCH3 is 3. The third kappa shape index (κ3) is 4.39. The molecule has 0 atom stereocenters. The first-order valence-electron chi connectivity index (χ1n) is 10.2. The Balaban J connectivity index is 1.69. The van der Waals surface area contributed by atoms with Crippen molar-refractivity contribution in [3.05, 3.63) is 65.7 Å². The van der Waals surface area contributed by atoms with Crippen LogP contribution in [0, 0.1) is 0 Å². The van der Waals surface area contributed by atoms with E-state index in [2.05, 4.69) is 11.0 Å². The molecule has 0 radical (unpaired) electrons. The van der Waals surface area contributed by atoms with Crippen LogP contribution in [-0.2, 0) is 13.1 Å². The molecule has 3 aromatic rings. The molecule has 1 N–H and O–H groups in total. The van der Waals surface area contributed by atoms with Crippen LogP contribution in [0.5, 0.6) is 28.7 Å². The molecule has 0 fully saturated rings. The molecule has 1 aliphatic heterocycles. The lowest BCUT2D eigenvalue weighted by Gasteiger charge is -2.20. The van der Waals surface area contributed by atoms with Gasteiger partial charge in [-0.05, 0) is 41.5 Å². The first-order valence-corrected chi connectivity index (χ1v) is 10.2. The largest absolute Gasteiger partial charge is 0.508 e. The van der Waals surface area contributed by atoms with E-state index in [1.165, 1.54) is 0 Å². The quantitative estimate of drug-likeness (QED) is 0.633. The summed E-state index contributed by atoms with van der Waals surface area (Å²) in [7, 11) is 4.91. The summed E-state index contributed by atoms with van der Waals surface area (Å²) in [4.78, 5) is 2.26. The molecule has 3 aromatic carbocycles. The van der Waals surface area contributed by atoms with Crippen molar-refractivity contribution < 1.29 is 24.1 Å². The molecule has 0 saturated heterocycles. The van der Waals surface area contributed by atoms with E-state index in [0.717, 1.165) is 34.5 Å². The van der Waals surface area contributed by atoms with E-state index in [-0.39, 0.29) is 0 Å². The predicted octanol–water partition coefficient (Wildman–Crippen LogP) is 4.48. The molecule has 6 nitrogen and oxygen atoms in total. The van der Waals surface area contributed by atoms with Gasteiger partial charge < -0.3 is 24.1 Å². The van der Waals surface area contributed by atoms with Crippen LogP contribution >= 0.6 is 0 Å². The number of benzene rings is 3. The number of aromatic hydroxyl groups is 1. The van der Waals surface area contributed by atoms with Gasteiger partial charge in [-0.2, -0.15) is 0 Å². The van der Waals surface area contributed by atoms with Gasteiger partial charge in [-0.25, -0.2) is 0 Å². The molecule has 0 aromatic heterocycles. The van der Waals surface area contributed by atoms with E-state index in [0.29, 0.717) is 42.7 Å². The van der Waals surface area contributed by atoms with Crippen LogP contribution < -0.4 is 18.9 Å². The Morgan fingerprint density at radius 1 is 0.871 bits per heavy atom. The van der Waals surface area contributed by atoms with Crippen molar-refractivity contribution in [2.24, 2.45) is 0 Å². The van der Waals surface area contributed by atoms with Crippen LogP contribution in [0.4, 0.5) is 0 Å². The molecule has 0 spiro atoms. The summed E-state index contributed by atoms with van der Waals surface area (Å²) in [5.74, 6) is 3.14. The van der Waals surface area contributed by atoms with Gasteiger partial charge in [-0.1, -0.05) is 24.3 Å². The van der Waals surface area contributed by atoms with Crippen LogP contribution in [0.1, 0.15) is 11.1 Å². The van der Waals surface area contributed by atoms with Crippen LogP contribution in [0.25, 0.3) is 11.1 Å². The first kappa shape index (κ1) is 20.9. The van der Waals surface area contributed by atoms with E-state index >= 15 is 0 Å². The monoisotopic (exact) mass is 421 g/mol. The van der Waals surface area contributed by atoms with E-state index in [1.54, 1.807) is 27.4 Å². The zero-order valence-electron chi connectivity index (χ0n) is 18.1. The maximum absolute atomic E-state index is 10.2. The van der Waals surface area contributed by atoms with Gasteiger partial charge in [0.1, 0.15) is 12.4 Å². The summed E-state index contributed by atoms with van der Waals surface area (Å²) >= 11 is 0. The molecule has 0 bridgehead atoms. The molecule has 1 aliphatic rings. The molecule has 6 heteroatoms. The molecule has 0 aliphatic carbocycles. The second kappa shape index (κ2) is 9.18. The summed E-state index contributed by atoms with van der Waals surface area (Å²) in [6.45, 7) is 2.62. The van der Waals surface area contributed by atoms with Crippen molar-refractivity contribution >= 4 is 0 Å². The second-order valence-electron chi connectivity index (χ2n) is 7.42. The average molecular weight is 421 g/mol. The van der Waals surface area contributed by atoms with Crippen molar-refractivity contribution in [1.29, 1.82) is 0 Å². The highest BCUT2D eigenvalue weighted by Crippen LogP contribution is 2.40. The zero-order valence-corrected chi connectivity index (χ0v) is 18.1. The highest BCUT2D eigenvalue weighted by Gasteiger charge is 2.21. The van der Waals surface area contributed by atoms with Crippen LogP contribution in [0.15, 0.2) is 54.6 Å². The topological polar surface area (TPSA) is 60.4 Å². The number of nitrogens with zero attached hydrogens (tertiary/aromatic N) is 1. The van der Waals surface area contributed by atoms with E-state index < -0.39 is 0 Å². The Labute approximate surface area is 182 Å². The van der Waals surface area contributed by atoms with Crippen molar-refractivity contribution in [2.45, 2.75) is 13.1 Å². The third-order valence-electron chi connectivity index (χ3n) is 5.50. The number of phenols is 1. The first-order chi connectivity index (χ1) is 15.1. The predicted molar refractivity (Wildman–Crippen MR) is 119 cm³/mol. The van der Waals surface area contributed by atoms with Crippen molar-refractivity contribution in [3.63, 3.8) is 0 Å². The molecule has 1 heterocycles. The number of para-hydroxylation sites is 1. The summed E-state index contributed by atoms with van der Waals surface area (Å²) in [6.07, 6.45) is 0. The zero-order chi connectivity index (χ0) is 21.8. The average Bonchev–Trinajstić information content (AvgIpc) is 3.01. The fourth-order valence-corrected chi connectivity index (χ4v) is 3.89. The minimum Gasteiger partial charge on any atom is -0.508 e. The van der Waals surface area contributed by atoms with Gasteiger partial charge in [0.15, 0.2) is 23.0 Å². The smallest absolute Gasteiger partial charge is 0.165 e. The number of phenolic OH excluding ortho intramolecular Hbond substituents is 1. The summed E-state index contributed by atoms with van der Waals surface area (Å²) < 4.78 is 22.6. The van der Waals surface area contributed by atoms with Crippen LogP contribution in [0.2, 0.25) is 0 Å². The maximum atomic E-state index is 10.2. The van der Waals surface area contributed by atoms with Crippen LogP contribution in [0.3, 0.4) is 0 Å². The molecule has 162 valence electrons. The lowest BCUT2D eigenvalue weighted by molar-refractivity contribution is 0.215. The van der Waals surface area contributed by atoms with Crippen LogP contribution in [-0.4, -0.2) is 44.5 Å². The molecule has 0 unspecified atom stereocenters. The van der Waals surface area contributed by atoms with Gasteiger partial charge in [0.05, 0.1) is 21.3 Å². The van der Waals surface area contributed by atoms with Gasteiger partial charge >= 0.3 is 0 Å². The fraction of sp³-hybridized carbons (Fsp3) is 0.280. The van der Waals surface area contributed by atoms with Gasteiger partial charge in [0, 0.05) is 30.8 Å². The van der Waals surface area contributed by atoms with Crippen molar-refractivity contribution in [3.8, 4) is 39.9 Å². The highest BCUT2D eigenvalue weighted by molar-refractivity contribution is 5.71. The number of ether oxygens (including phenoxy) is 4.